The number of hydrogen-bond acceptors (Lipinski definition) is 10. The van der Waals surface area contributed by atoms with Gasteiger partial charge in [-0.05, 0) is 44.9 Å². The molecule has 0 spiro atoms. The van der Waals surface area contributed by atoms with Crippen molar-refractivity contribution in [1.82, 2.24) is 5.32 Å². The van der Waals surface area contributed by atoms with Crippen LogP contribution in [0.15, 0.2) is 24.3 Å². The normalized spacial score (nSPS) is 19.8. The first kappa shape index (κ1) is 62.2. The van der Waals surface area contributed by atoms with Gasteiger partial charge >= 0.3 is 5.97 Å². The first-order valence-electron chi connectivity index (χ1n) is 27.6. The third kappa shape index (κ3) is 35.3. The number of unbranched alkanes of at least 4 members (excludes halogenated alkanes) is 31. The second kappa shape index (κ2) is 45.6. The summed E-state index contributed by atoms with van der Waals surface area (Å²) in [5, 5.41) is 54.1. The van der Waals surface area contributed by atoms with Gasteiger partial charge in [0.05, 0.1) is 32.0 Å². The minimum Gasteiger partial charge on any atom is -0.466 e. The quantitative estimate of drug-likeness (QED) is 0.0196. The van der Waals surface area contributed by atoms with Gasteiger partial charge in [-0.3, -0.25) is 9.59 Å². The highest BCUT2D eigenvalue weighted by Crippen LogP contribution is 2.23. The fraction of sp³-hybridized carbons (Fsp3) is 0.891. The maximum Gasteiger partial charge on any atom is 0.305 e. The Morgan fingerprint density at radius 2 is 0.985 bits per heavy atom. The minimum absolute atomic E-state index is 0.0213. The van der Waals surface area contributed by atoms with Crippen LogP contribution in [0.2, 0.25) is 0 Å². The number of esters is 1. The summed E-state index contributed by atoms with van der Waals surface area (Å²) in [7, 11) is 0. The predicted molar refractivity (Wildman–Crippen MR) is 269 cm³/mol. The summed E-state index contributed by atoms with van der Waals surface area (Å²) in [5.41, 5.74) is 0. The van der Waals surface area contributed by atoms with Crippen molar-refractivity contribution in [2.45, 2.75) is 294 Å². The standard InChI is InChI=1S/C55H103NO10/c1-3-5-7-9-11-13-14-15-16-20-23-27-31-35-39-43-51(60)64-44-40-36-32-28-24-21-18-17-19-22-26-30-34-38-42-50(59)56-47(48(58)41-37-33-29-25-12-10-8-6-4-2)46-65-55-54(63)53(62)52(61)49(45-57)66-55/h12,25,37,41,47-49,52-55,57-58,61-63H,3-11,13-24,26-36,38-40,42-46H2,1-2H3,(H,56,59)/b25-12+,41-37+. The van der Waals surface area contributed by atoms with Crippen LogP contribution in [0, 0.1) is 0 Å². The van der Waals surface area contributed by atoms with Crippen molar-refractivity contribution in [2.75, 3.05) is 19.8 Å². The molecule has 66 heavy (non-hydrogen) atoms. The highest BCUT2D eigenvalue weighted by Gasteiger charge is 2.44. The number of aliphatic hydroxyl groups excluding tert-OH is 5. The highest BCUT2D eigenvalue weighted by atomic mass is 16.7. The summed E-state index contributed by atoms with van der Waals surface area (Å²) >= 11 is 0. The van der Waals surface area contributed by atoms with Crippen LogP contribution >= 0.6 is 0 Å². The lowest BCUT2D eigenvalue weighted by Gasteiger charge is -2.40. The van der Waals surface area contributed by atoms with Crippen molar-refractivity contribution in [2.24, 2.45) is 0 Å². The Labute approximate surface area is 403 Å². The van der Waals surface area contributed by atoms with E-state index in [2.05, 4.69) is 31.3 Å². The van der Waals surface area contributed by atoms with Gasteiger partial charge in [-0.25, -0.2) is 0 Å². The maximum atomic E-state index is 13.0. The molecule has 11 heteroatoms. The van der Waals surface area contributed by atoms with Gasteiger partial charge in [0.15, 0.2) is 6.29 Å². The van der Waals surface area contributed by atoms with E-state index in [1.807, 2.05) is 6.08 Å². The summed E-state index contributed by atoms with van der Waals surface area (Å²) in [6, 6.07) is -0.833. The van der Waals surface area contributed by atoms with Gasteiger partial charge in [0, 0.05) is 12.8 Å². The van der Waals surface area contributed by atoms with Crippen LogP contribution in [0.4, 0.5) is 0 Å². The molecule has 1 aliphatic rings. The van der Waals surface area contributed by atoms with E-state index in [0.29, 0.717) is 19.4 Å². The molecule has 7 unspecified atom stereocenters. The summed E-state index contributed by atoms with van der Waals surface area (Å²) < 4.78 is 16.6. The van der Waals surface area contributed by atoms with Crippen LogP contribution in [0.1, 0.15) is 251 Å². The first-order chi connectivity index (χ1) is 32.2. The molecule has 0 aliphatic carbocycles. The van der Waals surface area contributed by atoms with Gasteiger partial charge in [0.25, 0.3) is 0 Å². The van der Waals surface area contributed by atoms with Crippen molar-refractivity contribution in [3.8, 4) is 0 Å². The van der Waals surface area contributed by atoms with Crippen molar-refractivity contribution in [3.05, 3.63) is 24.3 Å². The Morgan fingerprint density at radius 1 is 0.545 bits per heavy atom. The predicted octanol–water partition coefficient (Wildman–Crippen LogP) is 11.8. The summed E-state index contributed by atoms with van der Waals surface area (Å²) in [4.78, 5) is 25.0. The fourth-order valence-electron chi connectivity index (χ4n) is 8.63. The average molecular weight is 938 g/mol. The molecular formula is C55H103NO10. The Morgan fingerprint density at radius 3 is 1.50 bits per heavy atom. The molecule has 1 amide bonds. The van der Waals surface area contributed by atoms with E-state index in [-0.39, 0.29) is 18.5 Å². The largest absolute Gasteiger partial charge is 0.466 e. The second-order valence-electron chi connectivity index (χ2n) is 19.3. The third-order valence-corrected chi connectivity index (χ3v) is 13.1. The molecule has 0 aromatic carbocycles. The number of allylic oxidation sites excluding steroid dienone is 3. The summed E-state index contributed by atoms with van der Waals surface area (Å²) in [6.45, 7) is 4.24. The van der Waals surface area contributed by atoms with Crippen LogP contribution in [0.3, 0.4) is 0 Å². The molecule has 6 N–H and O–H groups in total. The lowest BCUT2D eigenvalue weighted by atomic mass is 9.99. The molecule has 1 fully saturated rings. The fourth-order valence-corrected chi connectivity index (χ4v) is 8.63. The second-order valence-corrected chi connectivity index (χ2v) is 19.3. The summed E-state index contributed by atoms with van der Waals surface area (Å²) in [5.74, 6) is -0.226. The van der Waals surface area contributed by atoms with E-state index in [9.17, 15) is 35.1 Å². The number of aliphatic hydroxyl groups is 5. The zero-order valence-corrected chi connectivity index (χ0v) is 42.4. The lowest BCUT2D eigenvalue weighted by Crippen LogP contribution is -2.60. The number of amides is 1. The summed E-state index contributed by atoms with van der Waals surface area (Å²) in [6.07, 6.45) is 42.7. The van der Waals surface area contributed by atoms with Crippen LogP contribution in [0.25, 0.3) is 0 Å². The van der Waals surface area contributed by atoms with E-state index < -0.39 is 49.5 Å². The number of carbonyl (C=O) groups is 2. The minimum atomic E-state index is -1.58. The SMILES string of the molecule is CCCCC/C=C/CC/C=C/C(O)C(COC1OC(CO)C(O)C(O)C1O)NC(=O)CCCCCCCCCCCCCCCCOC(=O)CCCCCCCCCCCCCCCCC. The Hall–Kier alpha value is -1.86. The Kier molecular flexibility index (Phi) is 42.9. The molecule has 0 bridgehead atoms. The molecule has 0 radical (unpaired) electrons. The molecule has 7 atom stereocenters. The highest BCUT2D eigenvalue weighted by molar-refractivity contribution is 5.76. The third-order valence-electron chi connectivity index (χ3n) is 13.1. The first-order valence-corrected chi connectivity index (χ1v) is 27.6. The molecule has 0 aromatic heterocycles. The van der Waals surface area contributed by atoms with Gasteiger partial charge in [0.2, 0.25) is 5.91 Å². The molecule has 1 rings (SSSR count). The van der Waals surface area contributed by atoms with Gasteiger partial charge in [-0.1, -0.05) is 218 Å². The van der Waals surface area contributed by atoms with Crippen molar-refractivity contribution in [3.63, 3.8) is 0 Å². The zero-order valence-electron chi connectivity index (χ0n) is 42.4. The molecule has 0 saturated carbocycles. The maximum absolute atomic E-state index is 13.0. The van der Waals surface area contributed by atoms with E-state index in [0.717, 1.165) is 70.6 Å². The van der Waals surface area contributed by atoms with Crippen LogP contribution < -0.4 is 5.32 Å². The van der Waals surface area contributed by atoms with Crippen molar-refractivity contribution in [1.29, 1.82) is 0 Å². The van der Waals surface area contributed by atoms with Crippen molar-refractivity contribution >= 4 is 11.9 Å². The van der Waals surface area contributed by atoms with E-state index in [1.54, 1.807) is 6.08 Å². The number of ether oxygens (including phenoxy) is 3. The Balaban J connectivity index is 2.07. The van der Waals surface area contributed by atoms with E-state index in [1.165, 1.54) is 154 Å². The van der Waals surface area contributed by atoms with E-state index in [4.69, 9.17) is 14.2 Å². The van der Waals surface area contributed by atoms with E-state index >= 15 is 0 Å². The molecule has 388 valence electrons. The van der Waals surface area contributed by atoms with Gasteiger partial charge in [-0.2, -0.15) is 0 Å². The average Bonchev–Trinajstić information content (AvgIpc) is 3.31. The molecule has 1 heterocycles. The Bertz CT molecular complexity index is 1150. The molecule has 1 saturated heterocycles. The van der Waals surface area contributed by atoms with Crippen LogP contribution in [-0.2, 0) is 23.8 Å². The topological polar surface area (TPSA) is 175 Å². The smallest absolute Gasteiger partial charge is 0.305 e. The number of hydrogen-bond donors (Lipinski definition) is 6. The monoisotopic (exact) mass is 938 g/mol. The number of carbonyl (C=O) groups excluding carboxylic acids is 2. The van der Waals surface area contributed by atoms with Crippen LogP contribution in [-0.4, -0.2) is 100 Å². The van der Waals surface area contributed by atoms with Gasteiger partial charge in [-0.15, -0.1) is 0 Å². The molecular weight excluding hydrogens is 835 g/mol. The van der Waals surface area contributed by atoms with Crippen LogP contribution in [0.5, 0.6) is 0 Å². The van der Waals surface area contributed by atoms with Crippen molar-refractivity contribution < 1.29 is 49.3 Å². The molecule has 1 aliphatic heterocycles. The zero-order chi connectivity index (χ0) is 48.1. The van der Waals surface area contributed by atoms with Gasteiger partial charge in [0.1, 0.15) is 24.4 Å². The number of rotatable bonds is 47. The van der Waals surface area contributed by atoms with Gasteiger partial charge < -0.3 is 45.1 Å². The number of nitrogens with one attached hydrogen (secondary N) is 1. The molecule has 11 nitrogen and oxygen atoms in total. The molecule has 0 aromatic rings. The lowest BCUT2D eigenvalue weighted by molar-refractivity contribution is -0.302.